The molecule has 18 aromatic rings. The van der Waals surface area contributed by atoms with Crippen molar-refractivity contribution in [2.75, 3.05) is 14.7 Å². The molecule has 0 saturated carbocycles. The minimum absolute atomic E-state index is 0.0190. The van der Waals surface area contributed by atoms with E-state index in [1.54, 1.807) is 13.7 Å². The van der Waals surface area contributed by atoms with Gasteiger partial charge in [0.15, 0.2) is 0 Å². The summed E-state index contributed by atoms with van der Waals surface area (Å²) in [6.07, 6.45) is 0. The average molecular weight is 1330 g/mol. The van der Waals surface area contributed by atoms with E-state index in [1.807, 2.05) is 152 Å². The van der Waals surface area contributed by atoms with Crippen molar-refractivity contribution < 1.29 is 14.4 Å². The normalized spacial score (nSPS) is 13.8. The van der Waals surface area contributed by atoms with Crippen molar-refractivity contribution in [1.29, 1.82) is 0 Å². The first-order chi connectivity index (χ1) is 50.6. The molecule has 0 amide bonds. The Kier molecular flexibility index (Phi) is 12.2. The zero-order valence-electron chi connectivity index (χ0n) is 55.5. The molecule has 0 bridgehead atoms. The van der Waals surface area contributed by atoms with Crippen LogP contribution in [0.3, 0.4) is 0 Å². The Labute approximate surface area is 588 Å². The predicted molar refractivity (Wildman–Crippen MR) is 408 cm³/mol. The van der Waals surface area contributed by atoms with Crippen molar-refractivity contribution in [1.82, 2.24) is 42.6 Å². The van der Waals surface area contributed by atoms with Gasteiger partial charge in [-0.15, -0.1) is 0 Å². The molecule has 103 heavy (non-hydrogen) atoms. The number of para-hydroxylation sites is 17. The van der Waals surface area contributed by atoms with Gasteiger partial charge in [-0.2, -0.15) is 0 Å². The van der Waals surface area contributed by atoms with Crippen LogP contribution in [0.2, 0.25) is 0 Å². The first kappa shape index (κ1) is 58.0. The number of benzene rings is 13. The Hall–Kier alpha value is -14.1. The highest BCUT2D eigenvalue weighted by atomic mass is 16.2. The summed E-state index contributed by atoms with van der Waals surface area (Å²) in [5.41, 5.74) is 26.7. The Morgan fingerprint density at radius 1 is 0.252 bits per heavy atom. The molecule has 0 radical (unpaired) electrons. The SMILES string of the molecule is CC1(C)c2ccccc2N(c2ccc3c(c2)C(=O)n2c-3nc3ccccc32)c2ccccc21.O=C1c2cc(-n3c4ccccc4n4c5ccccc5nc34)ccc2-c2nc3ccccc3n21.O=C1c2cc(N3c4ccccc4N(c4ccccc4)c4ccccc43)ccc2-c2nc3ccccc3n21. The zero-order chi connectivity index (χ0) is 68.5. The predicted octanol–water partition coefficient (Wildman–Crippen LogP) is 20.2. The summed E-state index contributed by atoms with van der Waals surface area (Å²) < 4.78 is 9.50. The third-order valence-corrected chi connectivity index (χ3v) is 21.0. The Balaban J connectivity index is 0.000000100. The van der Waals surface area contributed by atoms with Crippen LogP contribution in [0.5, 0.6) is 0 Å². The summed E-state index contributed by atoms with van der Waals surface area (Å²) in [4.78, 5) is 66.6. The van der Waals surface area contributed by atoms with E-state index >= 15 is 0 Å². The van der Waals surface area contributed by atoms with E-state index in [4.69, 9.17) is 19.9 Å². The molecule has 5 aliphatic heterocycles. The van der Waals surface area contributed by atoms with Crippen LogP contribution in [-0.4, -0.2) is 60.3 Å². The van der Waals surface area contributed by atoms with Crippen molar-refractivity contribution in [3.8, 4) is 39.9 Å². The second-order valence-corrected chi connectivity index (χ2v) is 26.9. The van der Waals surface area contributed by atoms with Crippen LogP contribution < -0.4 is 14.7 Å². The van der Waals surface area contributed by atoms with Crippen molar-refractivity contribution in [2.45, 2.75) is 19.3 Å². The fraction of sp³-hybridized carbons (Fsp3) is 0.0341. The van der Waals surface area contributed by atoms with E-state index in [9.17, 15) is 14.4 Å². The topological polar surface area (TPSA) is 137 Å². The Morgan fingerprint density at radius 3 is 1.02 bits per heavy atom. The number of fused-ring (bicyclic) bond motifs is 24. The number of rotatable bonds is 4. The molecular weight excluding hydrogens is 1270 g/mol. The van der Waals surface area contributed by atoms with E-state index in [-0.39, 0.29) is 23.1 Å². The molecule has 0 N–H and O–H groups in total. The number of anilines is 9. The summed E-state index contributed by atoms with van der Waals surface area (Å²) in [5, 5.41) is 0. The number of nitrogens with zero attached hydrogens (tertiary/aromatic N) is 12. The van der Waals surface area contributed by atoms with Gasteiger partial charge in [-0.1, -0.05) is 153 Å². The lowest BCUT2D eigenvalue weighted by molar-refractivity contribution is 0.0965. The maximum absolute atomic E-state index is 13.6. The fourth-order valence-electron chi connectivity index (χ4n) is 16.4. The number of imidazole rings is 5. The molecule has 0 aliphatic carbocycles. The van der Waals surface area contributed by atoms with Gasteiger partial charge in [0.25, 0.3) is 17.7 Å². The quantitative estimate of drug-likeness (QED) is 0.167. The van der Waals surface area contributed by atoms with Crippen LogP contribution in [0.4, 0.5) is 51.2 Å². The van der Waals surface area contributed by atoms with E-state index in [0.717, 1.165) is 140 Å². The number of aromatic nitrogens is 9. The molecule has 0 spiro atoms. The van der Waals surface area contributed by atoms with Crippen molar-refractivity contribution in [2.24, 2.45) is 0 Å². The molecule has 486 valence electrons. The van der Waals surface area contributed by atoms with Crippen molar-refractivity contribution in [3.63, 3.8) is 0 Å². The van der Waals surface area contributed by atoms with Crippen LogP contribution in [0, 0.1) is 0 Å². The van der Waals surface area contributed by atoms with Gasteiger partial charge in [0.05, 0.1) is 106 Å². The second kappa shape index (κ2) is 21.7. The molecule has 10 heterocycles. The first-order valence-electron chi connectivity index (χ1n) is 34.3. The zero-order valence-corrected chi connectivity index (χ0v) is 55.5. The summed E-state index contributed by atoms with van der Waals surface area (Å²) >= 11 is 0. The molecule has 0 fully saturated rings. The summed E-state index contributed by atoms with van der Waals surface area (Å²) in [7, 11) is 0. The molecule has 23 rings (SSSR count). The van der Waals surface area contributed by atoms with Gasteiger partial charge in [0.1, 0.15) is 17.5 Å². The van der Waals surface area contributed by atoms with Crippen LogP contribution in [-0.2, 0) is 5.41 Å². The molecule has 5 aromatic heterocycles. The fourth-order valence-corrected chi connectivity index (χ4v) is 16.4. The summed E-state index contributed by atoms with van der Waals surface area (Å²) in [5.74, 6) is 2.87. The lowest BCUT2D eigenvalue weighted by atomic mass is 9.73. The maximum Gasteiger partial charge on any atom is 0.264 e. The highest BCUT2D eigenvalue weighted by molar-refractivity contribution is 6.16. The van der Waals surface area contributed by atoms with Gasteiger partial charge in [-0.3, -0.25) is 37.1 Å². The largest absolute Gasteiger partial charge is 0.310 e. The van der Waals surface area contributed by atoms with Crippen LogP contribution in [0.1, 0.15) is 56.0 Å². The standard InChI is InChI=1S/C32H20N4O.C29H21N3O.C27H15N5O/c37-32-24-20-22(18-19-23(24)31-33-25-12-4-5-13-26(25)36(31)32)35-29-16-8-6-14-27(29)34(21-10-2-1-3-11-21)28-15-7-9-17-30(28)35;1-29(2)21-9-3-6-12-24(21)31(25-13-7-4-10-22(25)29)18-15-16-19-20(17-18)28(33)32-26-14-8-5-11-23(26)30-27(19)32;33-26-18-15-16(13-14-17(18)25-28-19-7-1-4-10-22(19)32(25)26)30-23-11-5-6-12-24(23)31-21-9-3-2-8-20(21)29-27(30)31/h1-20H;3-17H,1-2H3;1-15H. The van der Waals surface area contributed by atoms with Gasteiger partial charge in [-0.05, 0) is 175 Å². The molecule has 0 atom stereocenters. The average Bonchev–Trinajstić information content (AvgIpc) is 1.22. The molecule has 15 heteroatoms. The van der Waals surface area contributed by atoms with Gasteiger partial charge < -0.3 is 14.7 Å². The van der Waals surface area contributed by atoms with Crippen LogP contribution in [0.25, 0.3) is 101 Å². The van der Waals surface area contributed by atoms with Gasteiger partial charge in [0.2, 0.25) is 5.78 Å². The minimum Gasteiger partial charge on any atom is -0.310 e. The Bertz CT molecular complexity index is 6630. The van der Waals surface area contributed by atoms with Gasteiger partial charge >= 0.3 is 0 Å². The molecule has 0 saturated heterocycles. The molecule has 5 aliphatic rings. The number of hydrogen-bond acceptors (Lipinski definition) is 10. The third kappa shape index (κ3) is 8.29. The van der Waals surface area contributed by atoms with E-state index in [2.05, 4.69) is 189 Å². The molecule has 15 nitrogen and oxygen atoms in total. The molecule has 0 unspecified atom stereocenters. The highest BCUT2D eigenvalue weighted by Gasteiger charge is 2.40. The lowest BCUT2D eigenvalue weighted by Crippen LogP contribution is -2.30. The van der Waals surface area contributed by atoms with Gasteiger partial charge in [-0.25, -0.2) is 19.9 Å². The second-order valence-electron chi connectivity index (χ2n) is 26.9. The summed E-state index contributed by atoms with van der Waals surface area (Å²) in [6, 6.07) is 102. The van der Waals surface area contributed by atoms with Crippen molar-refractivity contribution >= 4 is 130 Å². The lowest BCUT2D eigenvalue weighted by Gasteiger charge is -2.42. The van der Waals surface area contributed by atoms with E-state index < -0.39 is 0 Å². The highest BCUT2D eigenvalue weighted by Crippen LogP contribution is 2.56. The van der Waals surface area contributed by atoms with Gasteiger partial charge in [0, 0.05) is 44.9 Å². The molecule has 13 aromatic carbocycles. The number of hydrogen-bond donors (Lipinski definition) is 0. The van der Waals surface area contributed by atoms with E-state index in [0.29, 0.717) is 28.3 Å². The smallest absolute Gasteiger partial charge is 0.264 e. The van der Waals surface area contributed by atoms with Crippen LogP contribution in [0.15, 0.2) is 303 Å². The molecular formula is C88H56N12O3. The maximum atomic E-state index is 13.6. The van der Waals surface area contributed by atoms with E-state index in [1.165, 1.54) is 11.1 Å². The first-order valence-corrected chi connectivity index (χ1v) is 34.3. The monoisotopic (exact) mass is 1330 g/mol. The summed E-state index contributed by atoms with van der Waals surface area (Å²) in [6.45, 7) is 4.55. The van der Waals surface area contributed by atoms with Crippen LogP contribution >= 0.6 is 0 Å². The minimum atomic E-state index is -0.114. The van der Waals surface area contributed by atoms with Crippen molar-refractivity contribution in [3.05, 3.63) is 331 Å². The third-order valence-electron chi connectivity index (χ3n) is 21.0. The number of carbonyl (C=O) groups is 3. The Morgan fingerprint density at radius 2 is 0.573 bits per heavy atom. The number of carbonyl (C=O) groups excluding carboxylic acids is 3.